The topological polar surface area (TPSA) is 65.1 Å². The highest BCUT2D eigenvalue weighted by Crippen LogP contribution is 2.18. The van der Waals surface area contributed by atoms with Crippen molar-refractivity contribution in [1.29, 1.82) is 0 Å². The highest BCUT2D eigenvalue weighted by atomic mass is 16.3. The molecule has 1 aromatic heterocycles. The van der Waals surface area contributed by atoms with Crippen LogP contribution in [0, 0.1) is 6.92 Å². The first-order valence-electron chi connectivity index (χ1n) is 7.73. The molecule has 3 aromatic rings. The Bertz CT molecular complexity index is 836. The minimum atomic E-state index is -0.132. The van der Waals surface area contributed by atoms with Crippen molar-refractivity contribution in [3.05, 3.63) is 70.9 Å². The Labute approximate surface area is 135 Å². The highest BCUT2D eigenvalue weighted by molar-refractivity contribution is 5.97. The molecule has 1 heterocycles. The third-order valence-corrected chi connectivity index (χ3v) is 4.11. The molecule has 23 heavy (non-hydrogen) atoms. The Kier molecular flexibility index (Phi) is 4.44. The van der Waals surface area contributed by atoms with Gasteiger partial charge in [0.05, 0.1) is 6.61 Å². The van der Waals surface area contributed by atoms with E-state index in [1.807, 2.05) is 43.5 Å². The first kappa shape index (κ1) is 15.3. The number of hydrogen-bond acceptors (Lipinski definition) is 2. The van der Waals surface area contributed by atoms with Gasteiger partial charge in [-0.2, -0.15) is 0 Å². The molecule has 0 aliphatic carbocycles. The molecule has 0 unspecified atom stereocenters. The van der Waals surface area contributed by atoms with Crippen molar-refractivity contribution in [2.75, 3.05) is 6.54 Å². The molecular formula is C19H20N2O2. The van der Waals surface area contributed by atoms with Gasteiger partial charge in [0.2, 0.25) is 0 Å². The van der Waals surface area contributed by atoms with Gasteiger partial charge in [-0.25, -0.2) is 0 Å². The van der Waals surface area contributed by atoms with Gasteiger partial charge in [0.25, 0.3) is 5.91 Å². The lowest BCUT2D eigenvalue weighted by atomic mass is 10.0. The molecule has 0 radical (unpaired) electrons. The summed E-state index contributed by atoms with van der Waals surface area (Å²) in [5, 5.41) is 13.5. The molecule has 0 aliphatic heterocycles. The van der Waals surface area contributed by atoms with Crippen LogP contribution in [0.25, 0.3) is 10.9 Å². The average molecular weight is 308 g/mol. The standard InChI is InChI=1S/C19H20N2O2/c1-13-5-4-6-15(12-22)18(13)19(23)20-10-9-14-11-21-17-8-3-2-7-16(14)17/h2-8,11,21-22H,9-10,12H2,1H3,(H,20,23). The summed E-state index contributed by atoms with van der Waals surface area (Å²) in [7, 11) is 0. The number of para-hydroxylation sites is 1. The first-order valence-corrected chi connectivity index (χ1v) is 7.73. The number of aromatic nitrogens is 1. The summed E-state index contributed by atoms with van der Waals surface area (Å²) in [5.74, 6) is -0.132. The SMILES string of the molecule is Cc1cccc(CO)c1C(=O)NCCc1c[nH]c2ccccc12. The molecule has 0 saturated heterocycles. The van der Waals surface area contributed by atoms with E-state index < -0.39 is 0 Å². The second-order valence-electron chi connectivity index (χ2n) is 5.63. The Morgan fingerprint density at radius 2 is 1.96 bits per heavy atom. The zero-order chi connectivity index (χ0) is 16.2. The van der Waals surface area contributed by atoms with Gasteiger partial charge in [0, 0.05) is 29.2 Å². The molecule has 118 valence electrons. The fourth-order valence-electron chi connectivity index (χ4n) is 2.92. The number of H-pyrrole nitrogens is 1. The maximum atomic E-state index is 12.4. The van der Waals surface area contributed by atoms with Gasteiger partial charge in [-0.3, -0.25) is 4.79 Å². The fraction of sp³-hybridized carbons (Fsp3) is 0.211. The fourth-order valence-corrected chi connectivity index (χ4v) is 2.92. The van der Waals surface area contributed by atoms with E-state index in [2.05, 4.69) is 16.4 Å². The maximum Gasteiger partial charge on any atom is 0.251 e. The van der Waals surface area contributed by atoms with Crippen LogP contribution < -0.4 is 5.32 Å². The molecular weight excluding hydrogens is 288 g/mol. The van der Waals surface area contributed by atoms with Crippen LogP contribution in [0.2, 0.25) is 0 Å². The molecule has 3 rings (SSSR count). The molecule has 0 spiro atoms. The van der Waals surface area contributed by atoms with Crippen molar-refractivity contribution in [3.8, 4) is 0 Å². The summed E-state index contributed by atoms with van der Waals surface area (Å²) < 4.78 is 0. The number of aliphatic hydroxyl groups is 1. The van der Waals surface area contributed by atoms with Crippen LogP contribution in [0.3, 0.4) is 0 Å². The Balaban J connectivity index is 1.68. The molecule has 0 bridgehead atoms. The molecule has 4 heteroatoms. The van der Waals surface area contributed by atoms with E-state index >= 15 is 0 Å². The Morgan fingerprint density at radius 3 is 2.78 bits per heavy atom. The lowest BCUT2D eigenvalue weighted by molar-refractivity contribution is 0.0950. The summed E-state index contributed by atoms with van der Waals surface area (Å²) in [6, 6.07) is 13.6. The predicted molar refractivity (Wildman–Crippen MR) is 91.4 cm³/mol. The van der Waals surface area contributed by atoms with Gasteiger partial charge >= 0.3 is 0 Å². The number of aliphatic hydroxyl groups excluding tert-OH is 1. The molecule has 0 atom stereocenters. The van der Waals surface area contributed by atoms with Crippen LogP contribution in [-0.2, 0) is 13.0 Å². The van der Waals surface area contributed by atoms with Gasteiger partial charge < -0.3 is 15.4 Å². The third kappa shape index (κ3) is 3.12. The zero-order valence-corrected chi connectivity index (χ0v) is 13.1. The van der Waals surface area contributed by atoms with E-state index in [0.717, 1.165) is 17.5 Å². The number of rotatable bonds is 5. The number of amides is 1. The number of aryl methyl sites for hydroxylation is 1. The minimum absolute atomic E-state index is 0.132. The normalized spacial score (nSPS) is 10.9. The van der Waals surface area contributed by atoms with Crippen molar-refractivity contribution >= 4 is 16.8 Å². The van der Waals surface area contributed by atoms with E-state index in [1.54, 1.807) is 6.07 Å². The van der Waals surface area contributed by atoms with Crippen LogP contribution in [0.5, 0.6) is 0 Å². The van der Waals surface area contributed by atoms with E-state index in [-0.39, 0.29) is 12.5 Å². The average Bonchev–Trinajstić information content (AvgIpc) is 2.98. The number of nitrogens with one attached hydrogen (secondary N) is 2. The number of carbonyl (C=O) groups is 1. The van der Waals surface area contributed by atoms with E-state index in [4.69, 9.17) is 0 Å². The molecule has 3 N–H and O–H groups in total. The summed E-state index contributed by atoms with van der Waals surface area (Å²) in [6.07, 6.45) is 2.75. The number of hydrogen-bond donors (Lipinski definition) is 3. The molecule has 4 nitrogen and oxygen atoms in total. The van der Waals surface area contributed by atoms with Crippen molar-refractivity contribution in [3.63, 3.8) is 0 Å². The summed E-state index contributed by atoms with van der Waals surface area (Å²) in [5.41, 5.74) is 4.41. The van der Waals surface area contributed by atoms with Crippen molar-refractivity contribution in [2.45, 2.75) is 20.0 Å². The van der Waals surface area contributed by atoms with Crippen LogP contribution >= 0.6 is 0 Å². The minimum Gasteiger partial charge on any atom is -0.392 e. The van der Waals surface area contributed by atoms with Gasteiger partial charge in [-0.1, -0.05) is 36.4 Å². The largest absolute Gasteiger partial charge is 0.392 e. The smallest absolute Gasteiger partial charge is 0.251 e. The van der Waals surface area contributed by atoms with Gasteiger partial charge in [0.1, 0.15) is 0 Å². The Morgan fingerprint density at radius 1 is 1.13 bits per heavy atom. The van der Waals surface area contributed by atoms with Gasteiger partial charge in [-0.05, 0) is 36.1 Å². The predicted octanol–water partition coefficient (Wildman–Crippen LogP) is 2.94. The van der Waals surface area contributed by atoms with E-state index in [0.29, 0.717) is 17.7 Å². The summed E-state index contributed by atoms with van der Waals surface area (Å²) in [6.45, 7) is 2.31. The summed E-state index contributed by atoms with van der Waals surface area (Å²) in [4.78, 5) is 15.6. The lowest BCUT2D eigenvalue weighted by Crippen LogP contribution is -2.27. The molecule has 0 saturated carbocycles. The van der Waals surface area contributed by atoms with Crippen LogP contribution in [-0.4, -0.2) is 22.5 Å². The molecule has 1 amide bonds. The van der Waals surface area contributed by atoms with Crippen LogP contribution in [0.15, 0.2) is 48.7 Å². The van der Waals surface area contributed by atoms with Crippen LogP contribution in [0.1, 0.15) is 27.0 Å². The second kappa shape index (κ2) is 6.67. The van der Waals surface area contributed by atoms with E-state index in [1.165, 1.54) is 10.9 Å². The maximum absolute atomic E-state index is 12.4. The molecule has 2 aromatic carbocycles. The Hall–Kier alpha value is -2.59. The number of fused-ring (bicyclic) bond motifs is 1. The first-order chi connectivity index (χ1) is 11.2. The van der Waals surface area contributed by atoms with Crippen molar-refractivity contribution < 1.29 is 9.90 Å². The molecule has 0 fully saturated rings. The van der Waals surface area contributed by atoms with Crippen molar-refractivity contribution in [1.82, 2.24) is 10.3 Å². The van der Waals surface area contributed by atoms with Crippen molar-refractivity contribution in [2.24, 2.45) is 0 Å². The quantitative estimate of drug-likeness (QED) is 0.678. The summed E-state index contributed by atoms with van der Waals surface area (Å²) >= 11 is 0. The monoisotopic (exact) mass is 308 g/mol. The van der Waals surface area contributed by atoms with Crippen LogP contribution in [0.4, 0.5) is 0 Å². The number of aromatic amines is 1. The zero-order valence-electron chi connectivity index (χ0n) is 13.1. The van der Waals surface area contributed by atoms with Gasteiger partial charge in [-0.15, -0.1) is 0 Å². The lowest BCUT2D eigenvalue weighted by Gasteiger charge is -2.11. The van der Waals surface area contributed by atoms with E-state index in [9.17, 15) is 9.90 Å². The second-order valence-corrected chi connectivity index (χ2v) is 5.63. The highest BCUT2D eigenvalue weighted by Gasteiger charge is 2.13. The number of carbonyl (C=O) groups excluding carboxylic acids is 1. The van der Waals surface area contributed by atoms with Gasteiger partial charge in [0.15, 0.2) is 0 Å². The third-order valence-electron chi connectivity index (χ3n) is 4.11. The molecule has 0 aliphatic rings. The number of benzene rings is 2.